The molecule has 6 aromatic rings. The van der Waals surface area contributed by atoms with E-state index in [4.69, 9.17) is 9.92 Å². The van der Waals surface area contributed by atoms with Crippen LogP contribution in [0.3, 0.4) is 0 Å². The second-order valence-electron chi connectivity index (χ2n) is 13.7. The molecule has 2 aromatic heterocycles. The summed E-state index contributed by atoms with van der Waals surface area (Å²) in [5.41, 5.74) is 6.88. The van der Waals surface area contributed by atoms with E-state index in [1.807, 2.05) is 16.3 Å². The first-order chi connectivity index (χ1) is 21.0. The quantitative estimate of drug-likeness (QED) is 0.187. The van der Waals surface area contributed by atoms with Crippen molar-refractivity contribution in [1.29, 1.82) is 0 Å². The summed E-state index contributed by atoms with van der Waals surface area (Å²) in [5, 5.41) is 9.19. The van der Waals surface area contributed by atoms with Crippen LogP contribution in [0.15, 0.2) is 109 Å². The van der Waals surface area contributed by atoms with Crippen molar-refractivity contribution in [3.05, 3.63) is 115 Å². The number of anilines is 3. The maximum atomic E-state index is 6.41. The van der Waals surface area contributed by atoms with Crippen LogP contribution in [0, 0.1) is 0 Å². The molecule has 1 aliphatic rings. The van der Waals surface area contributed by atoms with Gasteiger partial charge < -0.3 is 0 Å². The van der Waals surface area contributed by atoms with Gasteiger partial charge in [0.25, 0.3) is 0 Å². The first kappa shape index (κ1) is 28.4. The summed E-state index contributed by atoms with van der Waals surface area (Å²) in [7, 11) is -2.13. The monoisotopic (exact) mass is 596 g/mol. The molecule has 44 heavy (non-hydrogen) atoms. The highest BCUT2D eigenvalue weighted by Gasteiger charge is 2.33. The molecule has 0 fully saturated rings. The van der Waals surface area contributed by atoms with E-state index in [9.17, 15) is 0 Å². The summed E-state index contributed by atoms with van der Waals surface area (Å²) in [4.78, 5) is 11.3. The van der Waals surface area contributed by atoms with Gasteiger partial charge in [-0.05, 0) is 73.4 Å². The Balaban J connectivity index is 1.34. The van der Waals surface area contributed by atoms with Gasteiger partial charge in [-0.2, -0.15) is 5.06 Å². The summed E-state index contributed by atoms with van der Waals surface area (Å²) in [5.74, 6) is 0.960. The number of rotatable bonds is 5. The fourth-order valence-corrected chi connectivity index (χ4v) is 8.71. The molecule has 0 saturated heterocycles. The van der Waals surface area contributed by atoms with Crippen LogP contribution in [-0.2, 0) is 10.4 Å². The molecule has 0 aliphatic carbocycles. The zero-order valence-corrected chi connectivity index (χ0v) is 27.7. The van der Waals surface area contributed by atoms with E-state index in [1.54, 1.807) is 0 Å². The smallest absolute Gasteiger partial charge is 0.137 e. The second kappa shape index (κ2) is 10.4. The van der Waals surface area contributed by atoms with Gasteiger partial charge in [0, 0.05) is 17.0 Å². The first-order valence-corrected chi connectivity index (χ1v) is 18.5. The molecule has 0 unspecified atom stereocenters. The first-order valence-electron chi connectivity index (χ1n) is 15.5. The number of para-hydroxylation sites is 3. The zero-order valence-electron chi connectivity index (χ0n) is 26.7. The molecular formula is C38H40N4OSi. The van der Waals surface area contributed by atoms with Gasteiger partial charge in [0.2, 0.25) is 0 Å². The summed E-state index contributed by atoms with van der Waals surface area (Å²) in [6.45, 7) is 15.9. The summed E-state index contributed by atoms with van der Waals surface area (Å²) < 4.78 is 2.35. The van der Waals surface area contributed by atoms with Crippen LogP contribution in [0.4, 0.5) is 17.1 Å². The average Bonchev–Trinajstić information content (AvgIpc) is 3.57. The Bertz CT molecular complexity index is 2020. The standard InChI is InChI=1S/C38H40N4OSi/c1-26(2)41-34-17-10-11-18-35(34)42(43-41)28-13-12-14-29(24-28)44(6,7)30-19-20-32-31-15-8-9-16-33(31)40(36(32)25-30)37-23-27(21-22-39-37)38(3,4)5/h8-26H,1-7H3. The van der Waals surface area contributed by atoms with Gasteiger partial charge >= 0.3 is 0 Å². The van der Waals surface area contributed by atoms with E-state index in [2.05, 4.69) is 155 Å². The molecule has 0 atom stereocenters. The van der Waals surface area contributed by atoms with E-state index in [-0.39, 0.29) is 11.5 Å². The van der Waals surface area contributed by atoms with Gasteiger partial charge in [0.15, 0.2) is 0 Å². The van der Waals surface area contributed by atoms with Gasteiger partial charge in [-0.3, -0.25) is 4.57 Å². The maximum Gasteiger partial charge on any atom is 0.137 e. The predicted molar refractivity (Wildman–Crippen MR) is 188 cm³/mol. The third-order valence-corrected chi connectivity index (χ3v) is 12.5. The lowest BCUT2D eigenvalue weighted by Crippen LogP contribution is -2.53. The van der Waals surface area contributed by atoms with Crippen LogP contribution < -0.4 is 20.5 Å². The lowest BCUT2D eigenvalue weighted by molar-refractivity contribution is 0.113. The fourth-order valence-electron chi connectivity index (χ4n) is 6.36. The highest BCUT2D eigenvalue weighted by atomic mass is 28.3. The molecule has 0 amide bonds. The lowest BCUT2D eigenvalue weighted by Gasteiger charge is -2.27. The molecule has 0 spiro atoms. The van der Waals surface area contributed by atoms with Crippen LogP contribution in [0.5, 0.6) is 0 Å². The average molecular weight is 597 g/mol. The Morgan fingerprint density at radius 2 is 1.41 bits per heavy atom. The van der Waals surface area contributed by atoms with Crippen molar-refractivity contribution in [3.8, 4) is 5.82 Å². The minimum absolute atomic E-state index is 0.0350. The van der Waals surface area contributed by atoms with Crippen LogP contribution >= 0.6 is 0 Å². The minimum Gasteiger partial charge on any atom is -0.294 e. The van der Waals surface area contributed by atoms with Crippen molar-refractivity contribution in [2.45, 2.75) is 59.2 Å². The Kier molecular flexibility index (Phi) is 6.68. The topological polar surface area (TPSA) is 33.5 Å². The van der Waals surface area contributed by atoms with Gasteiger partial charge in [0.05, 0.1) is 34.1 Å². The van der Waals surface area contributed by atoms with E-state index in [0.717, 1.165) is 22.9 Å². The van der Waals surface area contributed by atoms with Gasteiger partial charge in [0.1, 0.15) is 13.9 Å². The van der Waals surface area contributed by atoms with Crippen molar-refractivity contribution >= 4 is 57.3 Å². The lowest BCUT2D eigenvalue weighted by atomic mass is 9.88. The molecule has 3 heterocycles. The second-order valence-corrected chi connectivity index (χ2v) is 18.1. The van der Waals surface area contributed by atoms with Gasteiger partial charge in [-0.25, -0.2) is 10.0 Å². The molecule has 7 rings (SSSR count). The maximum absolute atomic E-state index is 6.41. The summed E-state index contributed by atoms with van der Waals surface area (Å²) in [6, 6.07) is 37.7. The molecule has 0 bridgehead atoms. The van der Waals surface area contributed by atoms with E-state index < -0.39 is 8.07 Å². The molecule has 6 heteroatoms. The van der Waals surface area contributed by atoms with E-state index >= 15 is 0 Å². The molecular weight excluding hydrogens is 557 g/mol. The third kappa shape index (κ3) is 4.61. The molecule has 4 aromatic carbocycles. The van der Waals surface area contributed by atoms with Crippen molar-refractivity contribution in [2.24, 2.45) is 0 Å². The number of benzene rings is 4. The number of pyridine rings is 1. The minimum atomic E-state index is -2.13. The van der Waals surface area contributed by atoms with Crippen LogP contribution in [0.25, 0.3) is 27.6 Å². The largest absolute Gasteiger partial charge is 0.294 e. The molecule has 0 saturated carbocycles. The van der Waals surface area contributed by atoms with Crippen LogP contribution in [0.2, 0.25) is 13.1 Å². The third-order valence-electron chi connectivity index (χ3n) is 9.02. The number of aromatic nitrogens is 2. The molecule has 0 N–H and O–H groups in total. The number of hydrogen-bond donors (Lipinski definition) is 0. The van der Waals surface area contributed by atoms with Gasteiger partial charge in [-0.1, -0.05) is 98.8 Å². The molecule has 222 valence electrons. The number of hydroxylamine groups is 1. The number of hydrogen-bond acceptors (Lipinski definition) is 4. The molecule has 5 nitrogen and oxygen atoms in total. The highest BCUT2D eigenvalue weighted by molar-refractivity contribution is 7.00. The molecule has 0 radical (unpaired) electrons. The zero-order chi connectivity index (χ0) is 30.8. The van der Waals surface area contributed by atoms with Gasteiger partial charge in [-0.15, -0.1) is 4.94 Å². The highest BCUT2D eigenvalue weighted by Crippen LogP contribution is 2.42. The normalized spacial score (nSPS) is 13.8. The van der Waals surface area contributed by atoms with E-state index in [0.29, 0.717) is 0 Å². The molecule has 1 aliphatic heterocycles. The Labute approximate surface area is 261 Å². The Morgan fingerprint density at radius 1 is 0.705 bits per heavy atom. The summed E-state index contributed by atoms with van der Waals surface area (Å²) >= 11 is 0. The Morgan fingerprint density at radius 3 is 2.18 bits per heavy atom. The SMILES string of the molecule is CC(C)N1ON(c2cccc([Si](C)(C)c3ccc4c5ccccc5n(-c5cc(C(C)(C)C)ccn5)c4c3)c2)c2ccccc21. The van der Waals surface area contributed by atoms with Crippen LogP contribution in [-0.4, -0.2) is 23.7 Å². The Hall–Kier alpha value is -4.39. The predicted octanol–water partition coefficient (Wildman–Crippen LogP) is 8.51. The van der Waals surface area contributed by atoms with Crippen molar-refractivity contribution in [1.82, 2.24) is 9.55 Å². The summed E-state index contributed by atoms with van der Waals surface area (Å²) in [6.07, 6.45) is 1.95. The van der Waals surface area contributed by atoms with Crippen molar-refractivity contribution in [3.63, 3.8) is 0 Å². The number of fused-ring (bicyclic) bond motifs is 4. The van der Waals surface area contributed by atoms with Crippen LogP contribution in [0.1, 0.15) is 40.2 Å². The number of nitrogens with zero attached hydrogens (tertiary/aromatic N) is 4. The van der Waals surface area contributed by atoms with Crippen molar-refractivity contribution < 1.29 is 4.94 Å². The fraction of sp³-hybridized carbons (Fsp3) is 0.237. The van der Waals surface area contributed by atoms with E-state index in [1.165, 1.54) is 37.7 Å². The van der Waals surface area contributed by atoms with Crippen molar-refractivity contribution in [2.75, 3.05) is 10.1 Å².